The molecule has 0 atom stereocenters. The fraction of sp³-hybridized carbons (Fsp3) is 0.500. The van der Waals surface area contributed by atoms with Crippen LogP contribution in [0.2, 0.25) is 0 Å². The highest BCUT2D eigenvalue weighted by molar-refractivity contribution is 5.17. The quantitative estimate of drug-likeness (QED) is 0.378. The van der Waals surface area contributed by atoms with E-state index in [9.17, 15) is 0 Å². The first-order valence-corrected chi connectivity index (χ1v) is 9.32. The maximum atomic E-state index is 5.49. The van der Waals surface area contributed by atoms with Gasteiger partial charge in [0.25, 0.3) is 0 Å². The molecule has 8 nitrogen and oxygen atoms in total. The molecule has 0 aliphatic rings. The minimum Gasteiger partial charge on any atom is -0.491 e. The van der Waals surface area contributed by atoms with Gasteiger partial charge in [0.1, 0.15) is 24.7 Å². The molecule has 0 spiro atoms. The third-order valence-corrected chi connectivity index (χ3v) is 3.41. The Labute approximate surface area is 165 Å². The highest BCUT2D eigenvalue weighted by atomic mass is 16.6. The molecule has 2 aromatic heterocycles. The van der Waals surface area contributed by atoms with Gasteiger partial charge in [0.2, 0.25) is 0 Å². The van der Waals surface area contributed by atoms with Gasteiger partial charge in [-0.25, -0.2) is 0 Å². The van der Waals surface area contributed by atoms with Crippen LogP contribution in [0.4, 0.5) is 0 Å². The summed E-state index contributed by atoms with van der Waals surface area (Å²) < 4.78 is 32.7. The first kappa shape index (κ1) is 22.0. The fourth-order valence-corrected chi connectivity index (χ4v) is 2.07. The molecule has 8 heteroatoms. The summed E-state index contributed by atoms with van der Waals surface area (Å²) in [7, 11) is 0. The number of hydrogen-bond donors (Lipinski definition) is 0. The lowest BCUT2D eigenvalue weighted by Gasteiger charge is -2.09. The van der Waals surface area contributed by atoms with Crippen molar-refractivity contribution in [1.29, 1.82) is 0 Å². The van der Waals surface area contributed by atoms with Crippen molar-refractivity contribution in [3.05, 3.63) is 49.1 Å². The molecule has 0 radical (unpaired) electrons. The Balaban J connectivity index is 1.25. The SMILES string of the molecule is c1cc(OCCOCCOCCOCCOCCOc2ccncc2)ccn1. The van der Waals surface area contributed by atoms with Crippen LogP contribution in [-0.2, 0) is 18.9 Å². The lowest BCUT2D eigenvalue weighted by Crippen LogP contribution is -2.14. The van der Waals surface area contributed by atoms with E-state index in [1.54, 1.807) is 24.8 Å². The van der Waals surface area contributed by atoms with E-state index in [1.807, 2.05) is 24.3 Å². The molecular formula is C20H28N2O6. The molecule has 28 heavy (non-hydrogen) atoms. The second-order valence-corrected chi connectivity index (χ2v) is 5.51. The zero-order chi connectivity index (χ0) is 19.5. The molecule has 2 aromatic rings. The number of rotatable bonds is 17. The fourth-order valence-electron chi connectivity index (χ4n) is 2.07. The van der Waals surface area contributed by atoms with E-state index in [2.05, 4.69) is 9.97 Å². The van der Waals surface area contributed by atoms with Crippen LogP contribution in [0.15, 0.2) is 49.1 Å². The average Bonchev–Trinajstić information content (AvgIpc) is 2.75. The van der Waals surface area contributed by atoms with E-state index in [1.165, 1.54) is 0 Å². The molecule has 154 valence electrons. The molecular weight excluding hydrogens is 364 g/mol. The van der Waals surface area contributed by atoms with E-state index < -0.39 is 0 Å². The minimum absolute atomic E-state index is 0.501. The summed E-state index contributed by atoms with van der Waals surface area (Å²) in [4.78, 5) is 7.85. The maximum Gasteiger partial charge on any atom is 0.122 e. The third-order valence-electron chi connectivity index (χ3n) is 3.41. The van der Waals surface area contributed by atoms with Gasteiger partial charge in [0.15, 0.2) is 0 Å². The van der Waals surface area contributed by atoms with Crippen LogP contribution < -0.4 is 9.47 Å². The van der Waals surface area contributed by atoms with Gasteiger partial charge < -0.3 is 28.4 Å². The summed E-state index contributed by atoms with van der Waals surface area (Å²) in [5.41, 5.74) is 0. The molecule has 2 heterocycles. The van der Waals surface area contributed by atoms with Gasteiger partial charge >= 0.3 is 0 Å². The van der Waals surface area contributed by atoms with Crippen LogP contribution in [0, 0.1) is 0 Å². The molecule has 0 amide bonds. The molecule has 0 fully saturated rings. The molecule has 0 N–H and O–H groups in total. The van der Waals surface area contributed by atoms with Crippen LogP contribution in [0.3, 0.4) is 0 Å². The molecule has 0 aliphatic heterocycles. The predicted octanol–water partition coefficient (Wildman–Crippen LogP) is 2.00. The van der Waals surface area contributed by atoms with Crippen molar-refractivity contribution in [1.82, 2.24) is 9.97 Å². The lowest BCUT2D eigenvalue weighted by molar-refractivity contribution is -0.00699. The standard InChI is InChI=1S/C20H28N2O6/c1-5-21-6-2-19(1)27-17-15-25-13-11-23-9-10-24-12-14-26-16-18-28-20-3-7-22-8-4-20/h1-8H,9-18H2. The summed E-state index contributed by atoms with van der Waals surface area (Å²) in [6.07, 6.45) is 6.77. The van der Waals surface area contributed by atoms with Crippen molar-refractivity contribution in [2.45, 2.75) is 0 Å². The summed E-state index contributed by atoms with van der Waals surface area (Å²) in [5.74, 6) is 1.58. The van der Waals surface area contributed by atoms with E-state index in [0.717, 1.165) is 11.5 Å². The molecule has 0 bridgehead atoms. The van der Waals surface area contributed by atoms with E-state index in [4.69, 9.17) is 28.4 Å². The third kappa shape index (κ3) is 11.5. The maximum absolute atomic E-state index is 5.49. The average molecular weight is 392 g/mol. The first-order chi connectivity index (χ1) is 13.9. The van der Waals surface area contributed by atoms with Gasteiger partial charge in [0, 0.05) is 24.8 Å². The zero-order valence-electron chi connectivity index (χ0n) is 16.0. The van der Waals surface area contributed by atoms with Crippen molar-refractivity contribution < 1.29 is 28.4 Å². The van der Waals surface area contributed by atoms with Crippen LogP contribution in [0.1, 0.15) is 0 Å². The molecule has 0 aromatic carbocycles. The first-order valence-electron chi connectivity index (χ1n) is 9.32. The van der Waals surface area contributed by atoms with E-state index >= 15 is 0 Å². The number of nitrogens with zero attached hydrogens (tertiary/aromatic N) is 2. The topological polar surface area (TPSA) is 81.2 Å². The highest BCUT2D eigenvalue weighted by Gasteiger charge is 1.95. The van der Waals surface area contributed by atoms with Crippen LogP contribution >= 0.6 is 0 Å². The molecule has 0 saturated carbocycles. The van der Waals surface area contributed by atoms with Gasteiger partial charge in [-0.3, -0.25) is 9.97 Å². The monoisotopic (exact) mass is 392 g/mol. The Morgan fingerprint density at radius 2 is 0.714 bits per heavy atom. The minimum atomic E-state index is 0.501. The summed E-state index contributed by atoms with van der Waals surface area (Å²) >= 11 is 0. The molecule has 2 rings (SSSR count). The lowest BCUT2D eigenvalue weighted by atomic mass is 10.4. The van der Waals surface area contributed by atoms with Gasteiger partial charge in [-0.1, -0.05) is 0 Å². The van der Waals surface area contributed by atoms with Crippen molar-refractivity contribution in [3.8, 4) is 11.5 Å². The summed E-state index contributed by atoms with van der Waals surface area (Å²) in [5, 5.41) is 0. The Kier molecular flexibility index (Phi) is 12.4. The van der Waals surface area contributed by atoms with Gasteiger partial charge in [0.05, 0.1) is 52.9 Å². The molecule has 0 aliphatic carbocycles. The van der Waals surface area contributed by atoms with Crippen molar-refractivity contribution >= 4 is 0 Å². The Hall–Kier alpha value is -2.26. The second kappa shape index (κ2) is 15.8. The van der Waals surface area contributed by atoms with Gasteiger partial charge in [-0.05, 0) is 24.3 Å². The molecule has 0 saturated heterocycles. The van der Waals surface area contributed by atoms with E-state index in [0.29, 0.717) is 66.1 Å². The Morgan fingerprint density at radius 1 is 0.429 bits per heavy atom. The normalized spacial score (nSPS) is 10.7. The Morgan fingerprint density at radius 3 is 1.04 bits per heavy atom. The van der Waals surface area contributed by atoms with Gasteiger partial charge in [-0.2, -0.15) is 0 Å². The van der Waals surface area contributed by atoms with Crippen molar-refractivity contribution in [3.63, 3.8) is 0 Å². The largest absolute Gasteiger partial charge is 0.491 e. The summed E-state index contributed by atoms with van der Waals surface area (Å²) in [6, 6.07) is 7.24. The van der Waals surface area contributed by atoms with Crippen LogP contribution in [0.5, 0.6) is 11.5 Å². The predicted molar refractivity (Wildman–Crippen MR) is 103 cm³/mol. The number of hydrogen-bond acceptors (Lipinski definition) is 8. The highest BCUT2D eigenvalue weighted by Crippen LogP contribution is 2.06. The molecule has 0 unspecified atom stereocenters. The number of ether oxygens (including phenoxy) is 6. The van der Waals surface area contributed by atoms with Crippen LogP contribution in [-0.4, -0.2) is 76.0 Å². The zero-order valence-corrected chi connectivity index (χ0v) is 16.0. The van der Waals surface area contributed by atoms with E-state index in [-0.39, 0.29) is 0 Å². The summed E-state index contributed by atoms with van der Waals surface area (Å²) in [6.45, 7) is 5.21. The number of pyridine rings is 2. The smallest absolute Gasteiger partial charge is 0.122 e. The van der Waals surface area contributed by atoms with Crippen LogP contribution in [0.25, 0.3) is 0 Å². The Bertz CT molecular complexity index is 534. The van der Waals surface area contributed by atoms with Crippen molar-refractivity contribution in [2.75, 3.05) is 66.1 Å². The second-order valence-electron chi connectivity index (χ2n) is 5.51. The van der Waals surface area contributed by atoms with Gasteiger partial charge in [-0.15, -0.1) is 0 Å². The van der Waals surface area contributed by atoms with Crippen molar-refractivity contribution in [2.24, 2.45) is 0 Å². The number of aromatic nitrogens is 2.